The lowest BCUT2D eigenvalue weighted by Gasteiger charge is -2.07. The minimum absolute atomic E-state index is 0.0545. The van der Waals surface area contributed by atoms with Gasteiger partial charge in [-0.1, -0.05) is 36.4 Å². The van der Waals surface area contributed by atoms with E-state index in [1.165, 1.54) is 6.92 Å². The number of hydrogen-bond donors (Lipinski definition) is 2. The Bertz CT molecular complexity index is 790. The largest absolute Gasteiger partial charge is 0.505 e. The van der Waals surface area contributed by atoms with Crippen molar-refractivity contribution in [3.05, 3.63) is 59.8 Å². The molecular weight excluding hydrogens is 266 g/mol. The predicted molar refractivity (Wildman–Crippen MR) is 80.7 cm³/mol. The van der Waals surface area contributed by atoms with Crippen LogP contribution in [-0.2, 0) is 6.61 Å². The number of ether oxygens (including phenoxy) is 1. The van der Waals surface area contributed by atoms with Crippen LogP contribution in [0, 0.1) is 0 Å². The molecule has 0 fully saturated rings. The average Bonchev–Trinajstić information content (AvgIpc) is 2.84. The Hall–Kier alpha value is -2.75. The third-order valence-electron chi connectivity index (χ3n) is 3.35. The van der Waals surface area contributed by atoms with Crippen LogP contribution in [0.3, 0.4) is 0 Å². The van der Waals surface area contributed by atoms with Crippen LogP contribution in [-0.4, -0.2) is 15.9 Å². The Morgan fingerprint density at radius 2 is 1.90 bits per heavy atom. The van der Waals surface area contributed by atoms with Gasteiger partial charge in [-0.15, -0.1) is 0 Å². The Morgan fingerprint density at radius 1 is 1.14 bits per heavy atom. The van der Waals surface area contributed by atoms with Crippen molar-refractivity contribution in [2.45, 2.75) is 13.5 Å². The summed E-state index contributed by atoms with van der Waals surface area (Å²) in [6.07, 6.45) is 0. The van der Waals surface area contributed by atoms with E-state index in [0.29, 0.717) is 23.3 Å². The van der Waals surface area contributed by atoms with Crippen molar-refractivity contribution in [2.24, 2.45) is 0 Å². The van der Waals surface area contributed by atoms with E-state index in [1.807, 2.05) is 36.4 Å². The van der Waals surface area contributed by atoms with Crippen molar-refractivity contribution in [3.63, 3.8) is 0 Å². The molecule has 0 atom stereocenters. The lowest BCUT2D eigenvalue weighted by Crippen LogP contribution is -1.95. The van der Waals surface area contributed by atoms with Crippen LogP contribution in [0.25, 0.3) is 10.9 Å². The average molecular weight is 281 g/mol. The molecule has 0 radical (unpaired) electrons. The summed E-state index contributed by atoms with van der Waals surface area (Å²) in [7, 11) is 0. The van der Waals surface area contributed by atoms with Crippen LogP contribution in [0.5, 0.6) is 11.5 Å². The molecule has 3 aromatic rings. The maximum Gasteiger partial charge on any atom is 0.179 e. The molecule has 0 saturated carbocycles. The van der Waals surface area contributed by atoms with Gasteiger partial charge in [-0.05, 0) is 17.7 Å². The number of carbonyl (C=O) groups is 1. The molecule has 0 aliphatic heterocycles. The first kappa shape index (κ1) is 13.2. The summed E-state index contributed by atoms with van der Waals surface area (Å²) in [5, 5.41) is 10.7. The Balaban J connectivity index is 1.97. The summed E-state index contributed by atoms with van der Waals surface area (Å²) in [6, 6.07) is 15.2. The van der Waals surface area contributed by atoms with Crippen molar-refractivity contribution in [2.75, 3.05) is 0 Å². The summed E-state index contributed by atoms with van der Waals surface area (Å²) in [4.78, 5) is 14.4. The van der Waals surface area contributed by atoms with Crippen LogP contribution in [0.15, 0.2) is 48.5 Å². The van der Waals surface area contributed by atoms with E-state index in [-0.39, 0.29) is 17.2 Å². The van der Waals surface area contributed by atoms with Gasteiger partial charge in [0.15, 0.2) is 11.5 Å². The number of Topliss-reactive ketones (excluding diaryl/α,β-unsaturated/α-hetero) is 1. The molecule has 1 heterocycles. The molecule has 0 amide bonds. The number of carbonyl (C=O) groups excluding carboxylic acids is 1. The van der Waals surface area contributed by atoms with Gasteiger partial charge >= 0.3 is 0 Å². The summed E-state index contributed by atoms with van der Waals surface area (Å²) in [6.45, 7) is 1.81. The minimum atomic E-state index is -0.210. The van der Waals surface area contributed by atoms with Gasteiger partial charge in [0.25, 0.3) is 0 Å². The number of fused-ring (bicyclic) bond motifs is 1. The summed E-state index contributed by atoms with van der Waals surface area (Å²) in [5.74, 6) is 0.288. The zero-order valence-corrected chi connectivity index (χ0v) is 11.6. The maximum absolute atomic E-state index is 11.5. The van der Waals surface area contributed by atoms with Crippen molar-refractivity contribution in [3.8, 4) is 11.5 Å². The molecule has 2 N–H and O–H groups in total. The number of aromatic amines is 1. The van der Waals surface area contributed by atoms with E-state index in [4.69, 9.17) is 4.74 Å². The lowest BCUT2D eigenvalue weighted by molar-refractivity contribution is 0.101. The highest BCUT2D eigenvalue weighted by molar-refractivity contribution is 6.05. The third kappa shape index (κ3) is 2.48. The van der Waals surface area contributed by atoms with Crippen LogP contribution in [0.4, 0.5) is 0 Å². The first-order valence-corrected chi connectivity index (χ1v) is 6.68. The number of hydrogen-bond acceptors (Lipinski definition) is 3. The monoisotopic (exact) mass is 281 g/mol. The number of benzene rings is 2. The van der Waals surface area contributed by atoms with Gasteiger partial charge in [0.1, 0.15) is 18.1 Å². The fourth-order valence-electron chi connectivity index (χ4n) is 2.31. The molecule has 0 spiro atoms. The number of aromatic nitrogens is 1. The van der Waals surface area contributed by atoms with Gasteiger partial charge < -0.3 is 14.8 Å². The summed E-state index contributed by atoms with van der Waals surface area (Å²) < 4.78 is 5.79. The number of nitrogens with one attached hydrogen (secondary N) is 1. The van der Waals surface area contributed by atoms with Crippen molar-refractivity contribution in [1.82, 2.24) is 4.98 Å². The Kier molecular flexibility index (Phi) is 3.36. The fourth-order valence-corrected chi connectivity index (χ4v) is 2.31. The highest BCUT2D eigenvalue weighted by atomic mass is 16.5. The van der Waals surface area contributed by atoms with Crippen LogP contribution in [0.2, 0.25) is 0 Å². The van der Waals surface area contributed by atoms with E-state index in [0.717, 1.165) is 5.56 Å². The molecule has 0 bridgehead atoms. The minimum Gasteiger partial charge on any atom is -0.505 e. The summed E-state index contributed by atoms with van der Waals surface area (Å²) in [5.41, 5.74) is 1.93. The normalized spacial score (nSPS) is 10.7. The quantitative estimate of drug-likeness (QED) is 0.717. The zero-order valence-electron chi connectivity index (χ0n) is 11.6. The molecule has 0 aliphatic carbocycles. The summed E-state index contributed by atoms with van der Waals surface area (Å²) >= 11 is 0. The molecule has 21 heavy (non-hydrogen) atoms. The van der Waals surface area contributed by atoms with Crippen LogP contribution >= 0.6 is 0 Å². The molecule has 106 valence electrons. The van der Waals surface area contributed by atoms with Gasteiger partial charge in [-0.3, -0.25) is 4.79 Å². The highest BCUT2D eigenvalue weighted by Crippen LogP contribution is 2.36. The third-order valence-corrected chi connectivity index (χ3v) is 3.35. The molecule has 0 unspecified atom stereocenters. The molecule has 4 heteroatoms. The van der Waals surface area contributed by atoms with Crippen molar-refractivity contribution in [1.29, 1.82) is 0 Å². The van der Waals surface area contributed by atoms with Gasteiger partial charge in [-0.25, -0.2) is 0 Å². The Morgan fingerprint density at radius 3 is 2.62 bits per heavy atom. The standard InChI is InChI=1S/C17H15NO3/c1-11(19)16-17(20)15-13(18-16)8-5-9-14(15)21-10-12-6-3-2-4-7-12/h2-9,18,20H,10H2,1H3. The van der Waals surface area contributed by atoms with E-state index in [2.05, 4.69) is 4.98 Å². The highest BCUT2D eigenvalue weighted by Gasteiger charge is 2.17. The number of rotatable bonds is 4. The smallest absolute Gasteiger partial charge is 0.179 e. The number of aromatic hydroxyl groups is 1. The van der Waals surface area contributed by atoms with Crippen LogP contribution < -0.4 is 4.74 Å². The van der Waals surface area contributed by atoms with Gasteiger partial charge in [0.05, 0.1) is 10.9 Å². The first-order valence-electron chi connectivity index (χ1n) is 6.68. The second kappa shape index (κ2) is 5.32. The predicted octanol–water partition coefficient (Wildman–Crippen LogP) is 3.66. The molecule has 0 saturated heterocycles. The van der Waals surface area contributed by atoms with E-state index in [1.54, 1.807) is 12.1 Å². The Labute approximate surface area is 122 Å². The molecule has 3 rings (SSSR count). The molecular formula is C17H15NO3. The molecule has 0 aliphatic rings. The number of ketones is 1. The second-order valence-electron chi connectivity index (χ2n) is 4.86. The number of H-pyrrole nitrogens is 1. The van der Waals surface area contributed by atoms with Crippen molar-refractivity contribution >= 4 is 16.7 Å². The topological polar surface area (TPSA) is 62.3 Å². The fraction of sp³-hybridized carbons (Fsp3) is 0.118. The van der Waals surface area contributed by atoms with Gasteiger partial charge in [0, 0.05) is 6.92 Å². The van der Waals surface area contributed by atoms with Gasteiger partial charge in [0.2, 0.25) is 0 Å². The van der Waals surface area contributed by atoms with Crippen LogP contribution in [0.1, 0.15) is 23.0 Å². The van der Waals surface area contributed by atoms with Crippen molar-refractivity contribution < 1.29 is 14.6 Å². The van der Waals surface area contributed by atoms with Gasteiger partial charge in [-0.2, -0.15) is 0 Å². The lowest BCUT2D eigenvalue weighted by atomic mass is 10.2. The zero-order chi connectivity index (χ0) is 14.8. The molecule has 2 aromatic carbocycles. The molecule has 4 nitrogen and oxygen atoms in total. The van der Waals surface area contributed by atoms with E-state index in [9.17, 15) is 9.90 Å². The van der Waals surface area contributed by atoms with E-state index >= 15 is 0 Å². The SMILES string of the molecule is CC(=O)c1[nH]c2cccc(OCc3ccccc3)c2c1O. The second-order valence-corrected chi connectivity index (χ2v) is 4.86. The van der Waals surface area contributed by atoms with E-state index < -0.39 is 0 Å². The maximum atomic E-state index is 11.5. The first-order chi connectivity index (χ1) is 10.2. The molecule has 1 aromatic heterocycles.